The van der Waals surface area contributed by atoms with Crippen molar-refractivity contribution in [2.45, 2.75) is 9.79 Å². The molecule has 0 saturated heterocycles. The number of fused-ring (bicyclic) bond motifs is 4. The highest BCUT2D eigenvalue weighted by Gasteiger charge is 2.31. The standard InChI is InChI=1S/C48H33N3OS/c1-3-17-34(18-4-1)49(35-19-5-2-6-20-35)39-22-8-7-21-37(39)38-32-31-36(50-40-23-9-13-27-45(40)52-46-28-14-10-24-41(46)50)33-44(38)51-42-25-11-15-29-47(42)53-48-30-16-12-26-43(48)51/h1-33H. The summed E-state index contributed by atoms with van der Waals surface area (Å²) in [5.74, 6) is 1.65. The van der Waals surface area contributed by atoms with Gasteiger partial charge < -0.3 is 19.4 Å². The van der Waals surface area contributed by atoms with Crippen LogP contribution >= 0.6 is 11.8 Å². The average molecular weight is 700 g/mol. The van der Waals surface area contributed by atoms with Gasteiger partial charge in [-0.05, 0) is 91.0 Å². The Morgan fingerprint density at radius 3 is 1.47 bits per heavy atom. The first kappa shape index (κ1) is 31.1. The number of anilines is 9. The fourth-order valence-corrected chi connectivity index (χ4v) is 8.55. The van der Waals surface area contributed by atoms with Gasteiger partial charge in [0.05, 0.1) is 34.1 Å². The number of hydrogen-bond donors (Lipinski definition) is 0. The van der Waals surface area contributed by atoms with Crippen LogP contribution in [0, 0.1) is 0 Å². The van der Waals surface area contributed by atoms with E-state index < -0.39 is 0 Å². The fraction of sp³-hybridized carbons (Fsp3) is 0. The Kier molecular flexibility index (Phi) is 7.70. The lowest BCUT2D eigenvalue weighted by atomic mass is 9.97. The Morgan fingerprint density at radius 1 is 0.377 bits per heavy atom. The molecule has 8 aromatic carbocycles. The van der Waals surface area contributed by atoms with Crippen molar-refractivity contribution < 1.29 is 4.74 Å². The molecule has 2 aliphatic rings. The van der Waals surface area contributed by atoms with E-state index in [4.69, 9.17) is 4.74 Å². The second-order valence-electron chi connectivity index (χ2n) is 13.0. The van der Waals surface area contributed by atoms with E-state index in [1.807, 2.05) is 36.0 Å². The van der Waals surface area contributed by atoms with Crippen LogP contribution in [0.4, 0.5) is 51.2 Å². The third-order valence-electron chi connectivity index (χ3n) is 9.81. The minimum Gasteiger partial charge on any atom is -0.453 e. The van der Waals surface area contributed by atoms with Crippen LogP contribution in [-0.4, -0.2) is 0 Å². The fourth-order valence-electron chi connectivity index (χ4n) is 7.50. The lowest BCUT2D eigenvalue weighted by molar-refractivity contribution is 0.477. The first-order chi connectivity index (χ1) is 26.3. The van der Waals surface area contributed by atoms with Crippen molar-refractivity contribution in [3.8, 4) is 22.6 Å². The minimum absolute atomic E-state index is 0.827. The maximum atomic E-state index is 6.43. The monoisotopic (exact) mass is 699 g/mol. The largest absolute Gasteiger partial charge is 0.453 e. The first-order valence-corrected chi connectivity index (χ1v) is 18.6. The van der Waals surface area contributed by atoms with Gasteiger partial charge in [-0.1, -0.05) is 121 Å². The molecule has 0 aliphatic carbocycles. The molecule has 0 fully saturated rings. The van der Waals surface area contributed by atoms with Crippen molar-refractivity contribution in [1.82, 2.24) is 0 Å². The molecule has 5 heteroatoms. The van der Waals surface area contributed by atoms with E-state index in [0.29, 0.717) is 0 Å². The molecule has 2 aliphatic heterocycles. The zero-order valence-corrected chi connectivity index (χ0v) is 29.5. The smallest absolute Gasteiger partial charge is 0.151 e. The summed E-state index contributed by atoms with van der Waals surface area (Å²) in [6, 6.07) is 70.9. The van der Waals surface area contributed by atoms with Gasteiger partial charge in [-0.25, -0.2) is 0 Å². The highest BCUT2D eigenvalue weighted by atomic mass is 32.2. The van der Waals surface area contributed by atoms with Crippen molar-refractivity contribution in [3.63, 3.8) is 0 Å². The van der Waals surface area contributed by atoms with Crippen LogP contribution in [0.1, 0.15) is 0 Å². The van der Waals surface area contributed by atoms with E-state index in [0.717, 1.165) is 73.8 Å². The summed E-state index contributed by atoms with van der Waals surface area (Å²) < 4.78 is 6.43. The van der Waals surface area contributed by atoms with E-state index >= 15 is 0 Å². The Labute approximate surface area is 313 Å². The van der Waals surface area contributed by atoms with E-state index in [-0.39, 0.29) is 0 Å². The Balaban J connectivity index is 1.25. The number of nitrogens with zero attached hydrogens (tertiary/aromatic N) is 3. The van der Waals surface area contributed by atoms with Gasteiger partial charge in [0, 0.05) is 38.0 Å². The summed E-state index contributed by atoms with van der Waals surface area (Å²) in [7, 11) is 0. The van der Waals surface area contributed by atoms with Gasteiger partial charge in [-0.2, -0.15) is 0 Å². The summed E-state index contributed by atoms with van der Waals surface area (Å²) in [4.78, 5) is 9.56. The molecule has 0 unspecified atom stereocenters. The molecule has 2 heterocycles. The van der Waals surface area contributed by atoms with Crippen molar-refractivity contribution in [2.24, 2.45) is 0 Å². The molecule has 0 radical (unpaired) electrons. The summed E-state index contributed by atoms with van der Waals surface area (Å²) in [6.45, 7) is 0. The normalized spacial score (nSPS) is 12.5. The SMILES string of the molecule is c1ccc(N(c2ccccc2)c2ccccc2-c2ccc(N3c4ccccc4Oc4ccccc43)cc2N2c3ccccc3Sc3ccccc32)cc1. The molecule has 252 valence electrons. The molecule has 4 nitrogen and oxygen atoms in total. The van der Waals surface area contributed by atoms with Gasteiger partial charge >= 0.3 is 0 Å². The Hall–Kier alpha value is -6.69. The van der Waals surface area contributed by atoms with E-state index in [1.165, 1.54) is 9.79 Å². The Bertz CT molecular complexity index is 2480. The quantitative estimate of drug-likeness (QED) is 0.172. The molecule has 0 bridgehead atoms. The molecule has 53 heavy (non-hydrogen) atoms. The summed E-state index contributed by atoms with van der Waals surface area (Å²) in [5, 5.41) is 0. The first-order valence-electron chi connectivity index (χ1n) is 17.8. The summed E-state index contributed by atoms with van der Waals surface area (Å²) in [6.07, 6.45) is 0. The molecule has 0 saturated carbocycles. The van der Waals surface area contributed by atoms with Gasteiger partial charge in [-0.3, -0.25) is 0 Å². The minimum atomic E-state index is 0.827. The van der Waals surface area contributed by atoms with Gasteiger partial charge in [0.1, 0.15) is 0 Å². The zero-order chi connectivity index (χ0) is 35.1. The maximum Gasteiger partial charge on any atom is 0.151 e. The number of rotatable bonds is 6. The summed E-state index contributed by atoms with van der Waals surface area (Å²) in [5.41, 5.74) is 11.9. The molecule has 8 aromatic rings. The van der Waals surface area contributed by atoms with Gasteiger partial charge in [0.2, 0.25) is 0 Å². The van der Waals surface area contributed by atoms with Crippen LogP contribution < -0.4 is 19.4 Å². The maximum absolute atomic E-state index is 6.43. The van der Waals surface area contributed by atoms with E-state index in [2.05, 4.69) is 191 Å². The number of ether oxygens (including phenoxy) is 1. The Morgan fingerprint density at radius 2 is 0.868 bits per heavy atom. The third-order valence-corrected chi connectivity index (χ3v) is 10.9. The topological polar surface area (TPSA) is 19.0 Å². The molecule has 0 amide bonds. The van der Waals surface area contributed by atoms with Gasteiger partial charge in [0.15, 0.2) is 11.5 Å². The molecule has 0 N–H and O–H groups in total. The van der Waals surface area contributed by atoms with Crippen LogP contribution in [-0.2, 0) is 0 Å². The molecular formula is C48H33N3OS. The highest BCUT2D eigenvalue weighted by Crippen LogP contribution is 2.56. The molecule has 10 rings (SSSR count). The predicted molar refractivity (Wildman–Crippen MR) is 220 cm³/mol. The average Bonchev–Trinajstić information content (AvgIpc) is 3.23. The number of para-hydroxylation sites is 9. The van der Waals surface area contributed by atoms with Crippen LogP contribution in [0.2, 0.25) is 0 Å². The van der Waals surface area contributed by atoms with Crippen molar-refractivity contribution in [2.75, 3.05) is 14.7 Å². The lowest BCUT2D eigenvalue weighted by Crippen LogP contribution is -2.19. The van der Waals surface area contributed by atoms with Crippen molar-refractivity contribution in [1.29, 1.82) is 0 Å². The predicted octanol–water partition coefficient (Wildman–Crippen LogP) is 14.3. The van der Waals surface area contributed by atoms with Crippen molar-refractivity contribution >= 4 is 62.9 Å². The highest BCUT2D eigenvalue weighted by molar-refractivity contribution is 7.99. The molecule has 0 atom stereocenters. The molecular weight excluding hydrogens is 667 g/mol. The van der Waals surface area contributed by atoms with Crippen LogP contribution in [0.5, 0.6) is 11.5 Å². The van der Waals surface area contributed by atoms with Crippen LogP contribution in [0.3, 0.4) is 0 Å². The lowest BCUT2D eigenvalue weighted by Gasteiger charge is -2.37. The van der Waals surface area contributed by atoms with Gasteiger partial charge in [-0.15, -0.1) is 0 Å². The zero-order valence-electron chi connectivity index (χ0n) is 28.7. The van der Waals surface area contributed by atoms with Crippen LogP contribution in [0.15, 0.2) is 210 Å². The molecule has 0 spiro atoms. The van der Waals surface area contributed by atoms with Crippen LogP contribution in [0.25, 0.3) is 11.1 Å². The second-order valence-corrected chi connectivity index (χ2v) is 14.1. The number of benzene rings is 8. The van der Waals surface area contributed by atoms with Gasteiger partial charge in [0.25, 0.3) is 0 Å². The third kappa shape index (κ3) is 5.41. The second kappa shape index (κ2) is 13.1. The van der Waals surface area contributed by atoms with Crippen molar-refractivity contribution in [3.05, 3.63) is 200 Å². The number of hydrogen-bond acceptors (Lipinski definition) is 5. The molecule has 0 aromatic heterocycles. The van der Waals surface area contributed by atoms with E-state index in [9.17, 15) is 0 Å². The summed E-state index contributed by atoms with van der Waals surface area (Å²) >= 11 is 1.82. The van der Waals surface area contributed by atoms with E-state index in [1.54, 1.807) is 0 Å².